The van der Waals surface area contributed by atoms with E-state index in [2.05, 4.69) is 19.2 Å². The maximum Gasteiger partial charge on any atom is 0.220 e. The minimum absolute atomic E-state index is 0.0659. The molecule has 1 aliphatic carbocycles. The van der Waals surface area contributed by atoms with Crippen LogP contribution in [0.1, 0.15) is 58.8 Å². The molecule has 4 nitrogen and oxygen atoms in total. The van der Waals surface area contributed by atoms with E-state index in [1.165, 1.54) is 19.3 Å². The molecule has 1 amide bonds. The largest absolute Gasteiger partial charge is 0.381 e. The summed E-state index contributed by atoms with van der Waals surface area (Å²) in [5.41, 5.74) is 5.98. The molecule has 0 spiro atoms. The molecule has 1 fully saturated rings. The van der Waals surface area contributed by atoms with Crippen molar-refractivity contribution in [2.45, 2.75) is 58.8 Å². The summed E-state index contributed by atoms with van der Waals surface area (Å²) in [5.74, 6) is 0.724. The minimum atomic E-state index is 0.0659. The summed E-state index contributed by atoms with van der Waals surface area (Å²) in [7, 11) is 0. The van der Waals surface area contributed by atoms with Crippen LogP contribution in [0.3, 0.4) is 0 Å². The Balaban J connectivity index is 2.13. The Morgan fingerprint density at radius 1 is 1.30 bits per heavy atom. The second-order valence-corrected chi connectivity index (χ2v) is 6.61. The first-order valence-corrected chi connectivity index (χ1v) is 8.12. The van der Waals surface area contributed by atoms with Crippen LogP contribution < -0.4 is 11.1 Å². The molecule has 0 heterocycles. The molecule has 0 aromatic heterocycles. The molecule has 0 aliphatic heterocycles. The van der Waals surface area contributed by atoms with Gasteiger partial charge < -0.3 is 15.8 Å². The van der Waals surface area contributed by atoms with Crippen LogP contribution in [0.4, 0.5) is 0 Å². The third-order valence-electron chi connectivity index (χ3n) is 4.12. The number of ether oxygens (including phenoxy) is 1. The lowest BCUT2D eigenvalue weighted by molar-refractivity contribution is -0.123. The van der Waals surface area contributed by atoms with Crippen molar-refractivity contribution < 1.29 is 9.53 Å². The summed E-state index contributed by atoms with van der Waals surface area (Å²) in [6, 6.07) is 0. The Labute approximate surface area is 123 Å². The average Bonchev–Trinajstić information content (AvgIpc) is 2.43. The van der Waals surface area contributed by atoms with Crippen molar-refractivity contribution in [2.24, 2.45) is 17.1 Å². The van der Waals surface area contributed by atoms with Crippen LogP contribution in [0.5, 0.6) is 0 Å². The molecule has 20 heavy (non-hydrogen) atoms. The van der Waals surface area contributed by atoms with Gasteiger partial charge in [-0.15, -0.1) is 0 Å². The van der Waals surface area contributed by atoms with Gasteiger partial charge in [-0.2, -0.15) is 0 Å². The molecule has 0 saturated heterocycles. The summed E-state index contributed by atoms with van der Waals surface area (Å²) in [5, 5.41) is 3.00. The van der Waals surface area contributed by atoms with Crippen molar-refractivity contribution in [1.29, 1.82) is 0 Å². The van der Waals surface area contributed by atoms with Crippen molar-refractivity contribution in [3.05, 3.63) is 0 Å². The van der Waals surface area contributed by atoms with Crippen molar-refractivity contribution in [1.82, 2.24) is 5.32 Å². The van der Waals surface area contributed by atoms with E-state index in [0.29, 0.717) is 25.4 Å². The van der Waals surface area contributed by atoms with E-state index in [9.17, 15) is 4.79 Å². The highest BCUT2D eigenvalue weighted by Gasteiger charge is 2.32. The zero-order valence-electron chi connectivity index (χ0n) is 13.2. The first-order chi connectivity index (χ1) is 9.58. The minimum Gasteiger partial charge on any atom is -0.381 e. The third kappa shape index (κ3) is 6.71. The predicted octanol–water partition coefficient (Wildman–Crippen LogP) is 2.46. The van der Waals surface area contributed by atoms with Crippen molar-refractivity contribution in [3.8, 4) is 0 Å². The van der Waals surface area contributed by atoms with Crippen LogP contribution in [0, 0.1) is 11.3 Å². The van der Waals surface area contributed by atoms with Crippen molar-refractivity contribution in [2.75, 3.05) is 26.3 Å². The Kier molecular flexibility index (Phi) is 8.15. The molecule has 0 unspecified atom stereocenters. The van der Waals surface area contributed by atoms with Crippen LogP contribution in [0.15, 0.2) is 0 Å². The van der Waals surface area contributed by atoms with Crippen LogP contribution in [-0.4, -0.2) is 32.2 Å². The number of rotatable bonds is 9. The molecule has 1 saturated carbocycles. The van der Waals surface area contributed by atoms with Crippen molar-refractivity contribution >= 4 is 5.91 Å². The highest BCUT2D eigenvalue weighted by atomic mass is 16.5. The van der Waals surface area contributed by atoms with E-state index >= 15 is 0 Å². The summed E-state index contributed by atoms with van der Waals surface area (Å²) in [6.07, 6.45) is 7.41. The number of carbonyl (C=O) groups excluding carboxylic acids is 1. The van der Waals surface area contributed by atoms with E-state index in [-0.39, 0.29) is 11.3 Å². The molecular weight excluding hydrogens is 252 g/mol. The van der Waals surface area contributed by atoms with Gasteiger partial charge >= 0.3 is 0 Å². The maximum absolute atomic E-state index is 12.0. The number of hydrogen-bond acceptors (Lipinski definition) is 3. The number of hydrogen-bond donors (Lipinski definition) is 2. The molecule has 1 aliphatic rings. The molecule has 0 atom stereocenters. The summed E-state index contributed by atoms with van der Waals surface area (Å²) in [6.45, 7) is 7.14. The fraction of sp³-hybridized carbons (Fsp3) is 0.938. The third-order valence-corrected chi connectivity index (χ3v) is 4.12. The second kappa shape index (κ2) is 9.35. The average molecular weight is 284 g/mol. The van der Waals surface area contributed by atoms with Gasteiger partial charge in [0.15, 0.2) is 0 Å². The number of nitrogens with one attached hydrogen (secondary N) is 1. The number of carbonyl (C=O) groups is 1. The van der Waals surface area contributed by atoms with Gasteiger partial charge in [-0.1, -0.05) is 33.1 Å². The smallest absolute Gasteiger partial charge is 0.220 e. The Bertz CT molecular complexity index is 274. The van der Waals surface area contributed by atoms with Gasteiger partial charge in [-0.3, -0.25) is 4.79 Å². The van der Waals surface area contributed by atoms with E-state index in [1.54, 1.807) is 0 Å². The van der Waals surface area contributed by atoms with Gasteiger partial charge in [0, 0.05) is 26.2 Å². The molecule has 3 N–H and O–H groups in total. The van der Waals surface area contributed by atoms with Crippen LogP contribution in [0.2, 0.25) is 0 Å². The molecule has 0 bridgehead atoms. The summed E-state index contributed by atoms with van der Waals surface area (Å²) >= 11 is 0. The van der Waals surface area contributed by atoms with E-state index in [1.807, 2.05) is 0 Å². The fourth-order valence-electron chi connectivity index (χ4n) is 2.88. The summed E-state index contributed by atoms with van der Waals surface area (Å²) in [4.78, 5) is 12.0. The van der Waals surface area contributed by atoms with Crippen LogP contribution in [0.25, 0.3) is 0 Å². The molecular formula is C16H32N2O2. The Hall–Kier alpha value is -0.610. The van der Waals surface area contributed by atoms with Crippen LogP contribution >= 0.6 is 0 Å². The zero-order chi connectivity index (χ0) is 14.8. The quantitative estimate of drug-likeness (QED) is 0.639. The van der Waals surface area contributed by atoms with Crippen molar-refractivity contribution in [3.63, 3.8) is 0 Å². The number of nitrogens with two attached hydrogens (primary N) is 1. The van der Waals surface area contributed by atoms with Gasteiger partial charge in [-0.25, -0.2) is 0 Å². The molecule has 0 aromatic rings. The highest BCUT2D eigenvalue weighted by molar-refractivity contribution is 5.76. The lowest BCUT2D eigenvalue weighted by Crippen LogP contribution is -2.39. The molecule has 118 valence electrons. The molecule has 0 radical (unpaired) electrons. The highest BCUT2D eigenvalue weighted by Crippen LogP contribution is 2.38. The standard InChI is InChI=1S/C16H32N2O2/c1-14(2)12-20-10-6-9-18-15(19)11-16(13-17)7-4-3-5-8-16/h14H,3-13,17H2,1-2H3,(H,18,19). The summed E-state index contributed by atoms with van der Waals surface area (Å²) < 4.78 is 5.50. The first-order valence-electron chi connectivity index (χ1n) is 8.12. The Morgan fingerprint density at radius 2 is 2.00 bits per heavy atom. The maximum atomic E-state index is 12.0. The number of amides is 1. The first kappa shape index (κ1) is 17.4. The lowest BCUT2D eigenvalue weighted by Gasteiger charge is -2.35. The normalized spacial score (nSPS) is 18.2. The van der Waals surface area contributed by atoms with Crippen LogP contribution in [-0.2, 0) is 9.53 Å². The monoisotopic (exact) mass is 284 g/mol. The van der Waals surface area contributed by atoms with E-state index < -0.39 is 0 Å². The fourth-order valence-corrected chi connectivity index (χ4v) is 2.88. The van der Waals surface area contributed by atoms with Gasteiger partial charge in [0.2, 0.25) is 5.91 Å². The predicted molar refractivity (Wildman–Crippen MR) is 82.5 cm³/mol. The molecule has 0 aromatic carbocycles. The van der Waals surface area contributed by atoms with Gasteiger partial charge in [0.25, 0.3) is 0 Å². The lowest BCUT2D eigenvalue weighted by atomic mass is 9.71. The zero-order valence-corrected chi connectivity index (χ0v) is 13.2. The topological polar surface area (TPSA) is 64.3 Å². The Morgan fingerprint density at radius 3 is 2.60 bits per heavy atom. The second-order valence-electron chi connectivity index (χ2n) is 6.61. The van der Waals surface area contributed by atoms with Gasteiger partial charge in [0.1, 0.15) is 0 Å². The molecule has 4 heteroatoms. The SMILES string of the molecule is CC(C)COCCCNC(=O)CC1(CN)CCCCC1. The van der Waals surface area contributed by atoms with E-state index in [4.69, 9.17) is 10.5 Å². The molecule has 1 rings (SSSR count). The van der Waals surface area contributed by atoms with Gasteiger partial charge in [-0.05, 0) is 37.1 Å². The van der Waals surface area contributed by atoms with E-state index in [0.717, 1.165) is 32.5 Å². The van der Waals surface area contributed by atoms with Gasteiger partial charge in [0.05, 0.1) is 0 Å².